The molecule has 0 saturated heterocycles. The summed E-state index contributed by atoms with van der Waals surface area (Å²) in [7, 11) is 0. The van der Waals surface area contributed by atoms with Crippen molar-refractivity contribution in [1.29, 1.82) is 0 Å². The van der Waals surface area contributed by atoms with Crippen molar-refractivity contribution in [2.45, 2.75) is 31.3 Å². The highest BCUT2D eigenvalue weighted by Gasteiger charge is 2.30. The summed E-state index contributed by atoms with van der Waals surface area (Å²) in [6.07, 6.45) is 5.04. The van der Waals surface area contributed by atoms with E-state index in [4.69, 9.17) is 5.11 Å². The summed E-state index contributed by atoms with van der Waals surface area (Å²) in [5, 5.41) is 20.6. The van der Waals surface area contributed by atoms with Crippen molar-refractivity contribution in [2.24, 2.45) is 0 Å². The van der Waals surface area contributed by atoms with E-state index in [2.05, 4.69) is 5.32 Å². The largest absolute Gasteiger partial charge is 0.478 e. The zero-order valence-electron chi connectivity index (χ0n) is 8.40. The Balaban J connectivity index is 2.30. The number of carbonyl (C=O) groups is 2. The number of aliphatic hydroxyl groups is 1. The van der Waals surface area contributed by atoms with Gasteiger partial charge in [0.15, 0.2) is 0 Å². The summed E-state index contributed by atoms with van der Waals surface area (Å²) in [5.41, 5.74) is -0.799. The van der Waals surface area contributed by atoms with Gasteiger partial charge in [-0.3, -0.25) is 4.79 Å². The Morgan fingerprint density at radius 2 is 1.87 bits per heavy atom. The van der Waals surface area contributed by atoms with E-state index in [1.54, 1.807) is 0 Å². The SMILES string of the molecule is O=C(O)C=CC(=O)NCC1(O)CCCC1. The molecular formula is C10H15NO4. The normalized spacial score (nSPS) is 19.3. The maximum Gasteiger partial charge on any atom is 0.328 e. The molecule has 0 aromatic carbocycles. The van der Waals surface area contributed by atoms with E-state index >= 15 is 0 Å². The van der Waals surface area contributed by atoms with Crippen LogP contribution in [0.1, 0.15) is 25.7 Å². The first-order chi connectivity index (χ1) is 7.02. The number of carboxylic acid groups (broad SMARTS) is 1. The molecule has 1 saturated carbocycles. The number of hydrogen-bond donors (Lipinski definition) is 3. The first kappa shape index (κ1) is 11.7. The van der Waals surface area contributed by atoms with E-state index < -0.39 is 17.5 Å². The monoisotopic (exact) mass is 213 g/mol. The number of hydrogen-bond acceptors (Lipinski definition) is 3. The summed E-state index contributed by atoms with van der Waals surface area (Å²) in [6, 6.07) is 0. The third kappa shape index (κ3) is 4.12. The van der Waals surface area contributed by atoms with E-state index in [0.29, 0.717) is 12.8 Å². The third-order valence-corrected chi connectivity index (χ3v) is 2.50. The molecular weight excluding hydrogens is 198 g/mol. The lowest BCUT2D eigenvalue weighted by Gasteiger charge is -2.21. The number of carbonyl (C=O) groups excluding carboxylic acids is 1. The molecule has 3 N–H and O–H groups in total. The van der Waals surface area contributed by atoms with Gasteiger partial charge in [-0.05, 0) is 12.8 Å². The number of rotatable bonds is 4. The number of carboxylic acids is 1. The highest BCUT2D eigenvalue weighted by atomic mass is 16.4. The molecule has 84 valence electrons. The van der Waals surface area contributed by atoms with E-state index in [1.807, 2.05) is 0 Å². The smallest absolute Gasteiger partial charge is 0.328 e. The van der Waals surface area contributed by atoms with Crippen LogP contribution in [0, 0.1) is 0 Å². The van der Waals surface area contributed by atoms with Crippen molar-refractivity contribution in [3.8, 4) is 0 Å². The summed E-state index contributed by atoms with van der Waals surface area (Å²) < 4.78 is 0. The van der Waals surface area contributed by atoms with Gasteiger partial charge < -0.3 is 15.5 Å². The minimum absolute atomic E-state index is 0.190. The van der Waals surface area contributed by atoms with E-state index in [-0.39, 0.29) is 6.54 Å². The van der Waals surface area contributed by atoms with Gasteiger partial charge in [-0.1, -0.05) is 12.8 Å². The minimum atomic E-state index is -1.16. The Bertz CT molecular complexity index is 279. The first-order valence-electron chi connectivity index (χ1n) is 4.93. The Labute approximate surface area is 87.8 Å². The maximum atomic E-state index is 11.1. The molecule has 15 heavy (non-hydrogen) atoms. The molecule has 1 rings (SSSR count). The van der Waals surface area contributed by atoms with Gasteiger partial charge in [0.2, 0.25) is 5.91 Å². The summed E-state index contributed by atoms with van der Waals surface area (Å²) in [6.45, 7) is 0.190. The average molecular weight is 213 g/mol. The fraction of sp³-hybridized carbons (Fsp3) is 0.600. The fourth-order valence-electron chi connectivity index (χ4n) is 1.67. The second kappa shape index (κ2) is 4.93. The van der Waals surface area contributed by atoms with Crippen molar-refractivity contribution < 1.29 is 19.8 Å². The Hall–Kier alpha value is -1.36. The Kier molecular flexibility index (Phi) is 3.85. The predicted molar refractivity (Wildman–Crippen MR) is 53.2 cm³/mol. The molecule has 5 heteroatoms. The van der Waals surface area contributed by atoms with Gasteiger partial charge in [0, 0.05) is 18.7 Å². The zero-order valence-corrected chi connectivity index (χ0v) is 8.40. The van der Waals surface area contributed by atoms with Gasteiger partial charge in [-0.25, -0.2) is 4.79 Å². The van der Waals surface area contributed by atoms with Crippen LogP contribution in [0.2, 0.25) is 0 Å². The van der Waals surface area contributed by atoms with Crippen molar-refractivity contribution in [3.63, 3.8) is 0 Å². The Morgan fingerprint density at radius 3 is 2.40 bits per heavy atom. The number of nitrogens with one attached hydrogen (secondary N) is 1. The zero-order chi connectivity index (χ0) is 11.3. The molecule has 1 fully saturated rings. The van der Waals surface area contributed by atoms with Gasteiger partial charge >= 0.3 is 5.97 Å². The predicted octanol–water partition coefficient (Wildman–Crippen LogP) is 0.0485. The number of aliphatic carboxylic acids is 1. The molecule has 1 amide bonds. The second-order valence-corrected chi connectivity index (χ2v) is 3.82. The van der Waals surface area contributed by atoms with Gasteiger partial charge in [-0.15, -0.1) is 0 Å². The number of amides is 1. The molecule has 1 aliphatic carbocycles. The van der Waals surface area contributed by atoms with Crippen LogP contribution in [-0.2, 0) is 9.59 Å². The average Bonchev–Trinajstić information content (AvgIpc) is 2.60. The van der Waals surface area contributed by atoms with Crippen molar-refractivity contribution >= 4 is 11.9 Å². The molecule has 0 heterocycles. The van der Waals surface area contributed by atoms with E-state index in [9.17, 15) is 14.7 Å². The van der Waals surface area contributed by atoms with Crippen molar-refractivity contribution in [3.05, 3.63) is 12.2 Å². The van der Waals surface area contributed by atoms with Crippen LogP contribution in [0.15, 0.2) is 12.2 Å². The maximum absolute atomic E-state index is 11.1. The molecule has 0 unspecified atom stereocenters. The molecule has 0 aliphatic heterocycles. The van der Waals surface area contributed by atoms with Crippen LogP contribution in [0.4, 0.5) is 0 Å². The van der Waals surface area contributed by atoms with Gasteiger partial charge in [-0.2, -0.15) is 0 Å². The molecule has 0 atom stereocenters. The summed E-state index contributed by atoms with van der Waals surface area (Å²) in [5.74, 6) is -1.65. The fourth-order valence-corrected chi connectivity index (χ4v) is 1.67. The first-order valence-corrected chi connectivity index (χ1v) is 4.93. The molecule has 5 nitrogen and oxygen atoms in total. The quantitative estimate of drug-likeness (QED) is 0.576. The van der Waals surface area contributed by atoms with E-state index in [0.717, 1.165) is 25.0 Å². The lowest BCUT2D eigenvalue weighted by atomic mass is 10.0. The molecule has 1 aliphatic rings. The molecule has 0 radical (unpaired) electrons. The van der Waals surface area contributed by atoms with Crippen molar-refractivity contribution in [1.82, 2.24) is 5.32 Å². The topological polar surface area (TPSA) is 86.6 Å². The van der Waals surface area contributed by atoms with Crippen LogP contribution in [0.3, 0.4) is 0 Å². The van der Waals surface area contributed by atoms with E-state index in [1.165, 1.54) is 0 Å². The molecule has 0 bridgehead atoms. The second-order valence-electron chi connectivity index (χ2n) is 3.82. The lowest BCUT2D eigenvalue weighted by molar-refractivity contribution is -0.131. The molecule has 0 aromatic heterocycles. The Morgan fingerprint density at radius 1 is 1.27 bits per heavy atom. The lowest BCUT2D eigenvalue weighted by Crippen LogP contribution is -2.40. The van der Waals surface area contributed by atoms with Crippen molar-refractivity contribution in [2.75, 3.05) is 6.54 Å². The molecule has 0 aromatic rings. The van der Waals surface area contributed by atoms with Crippen LogP contribution >= 0.6 is 0 Å². The van der Waals surface area contributed by atoms with Gasteiger partial charge in [0.1, 0.15) is 0 Å². The minimum Gasteiger partial charge on any atom is -0.478 e. The highest BCUT2D eigenvalue weighted by Crippen LogP contribution is 2.28. The summed E-state index contributed by atoms with van der Waals surface area (Å²) >= 11 is 0. The molecule has 0 spiro atoms. The van der Waals surface area contributed by atoms with Crippen LogP contribution < -0.4 is 5.32 Å². The van der Waals surface area contributed by atoms with Crippen LogP contribution in [-0.4, -0.2) is 34.2 Å². The third-order valence-electron chi connectivity index (χ3n) is 2.50. The van der Waals surface area contributed by atoms with Gasteiger partial charge in [0.05, 0.1) is 5.60 Å². The standard InChI is InChI=1S/C10H15NO4/c12-8(3-4-9(13)14)11-7-10(15)5-1-2-6-10/h3-4,15H,1-2,5-7H2,(H,11,12)(H,13,14). The highest BCUT2D eigenvalue weighted by molar-refractivity contribution is 5.93. The summed E-state index contributed by atoms with van der Waals surface area (Å²) in [4.78, 5) is 21.2. The van der Waals surface area contributed by atoms with Gasteiger partial charge in [0.25, 0.3) is 0 Å². The van der Waals surface area contributed by atoms with Crippen LogP contribution in [0.5, 0.6) is 0 Å². The van der Waals surface area contributed by atoms with Crippen LogP contribution in [0.25, 0.3) is 0 Å².